The van der Waals surface area contributed by atoms with Crippen LogP contribution in [-0.4, -0.2) is 15.0 Å². The summed E-state index contributed by atoms with van der Waals surface area (Å²) in [7, 11) is 0. The Kier molecular flexibility index (Phi) is 7.31. The first kappa shape index (κ1) is 31.6. The third kappa shape index (κ3) is 4.93. The van der Waals surface area contributed by atoms with Gasteiger partial charge in [-0.1, -0.05) is 177 Å². The van der Waals surface area contributed by atoms with E-state index in [1.165, 1.54) is 43.2 Å². The van der Waals surface area contributed by atoms with Crippen molar-refractivity contribution in [2.45, 2.75) is 34.5 Å². The lowest BCUT2D eigenvalue weighted by Gasteiger charge is -2.50. The molecule has 1 aliphatic carbocycles. The molecule has 0 saturated carbocycles. The predicted octanol–water partition coefficient (Wildman–Crippen LogP) is 12.0. The van der Waals surface area contributed by atoms with E-state index in [0.717, 1.165) is 27.8 Å². The molecule has 252 valence electrons. The minimum atomic E-state index is -0.475. The summed E-state index contributed by atoms with van der Waals surface area (Å²) in [5, 5.41) is 0. The Labute approximate surface area is 314 Å². The first-order chi connectivity index (χ1) is 26.0. The zero-order valence-electron chi connectivity index (χ0n) is 29.5. The number of hydrogen-bond acceptors (Lipinski definition) is 4. The van der Waals surface area contributed by atoms with E-state index in [1.54, 1.807) is 0 Å². The van der Waals surface area contributed by atoms with Gasteiger partial charge in [0.15, 0.2) is 17.5 Å². The summed E-state index contributed by atoms with van der Waals surface area (Å²) in [6.45, 7) is 4.74. The second-order valence-corrected chi connectivity index (χ2v) is 15.5. The molecule has 1 spiro atoms. The van der Waals surface area contributed by atoms with Gasteiger partial charge in [0.05, 0.1) is 5.41 Å². The van der Waals surface area contributed by atoms with Gasteiger partial charge in [-0.3, -0.25) is 0 Å². The van der Waals surface area contributed by atoms with Crippen LogP contribution in [0.15, 0.2) is 186 Å². The van der Waals surface area contributed by atoms with E-state index >= 15 is 0 Å². The van der Waals surface area contributed by atoms with Crippen molar-refractivity contribution in [3.8, 4) is 45.3 Å². The summed E-state index contributed by atoms with van der Waals surface area (Å²) < 4.78 is 0. The van der Waals surface area contributed by atoms with Crippen LogP contribution in [0.5, 0.6) is 0 Å². The standard InChI is InChI=1S/C49H35N3S/c1-48(2)37-22-9-11-24-39(37)49(40-25-12-10-23-38(40)48)41-26-13-14-27-43(41)53-44-29-28-35(31-42(44)49)34-20-15-21-36(30-34)47-51-45(32-16-5-3-6-17-32)50-46(52-47)33-18-7-4-8-19-33/h3-31H,1-2H3. The fourth-order valence-corrected chi connectivity index (χ4v) is 9.75. The molecule has 0 fully saturated rings. The van der Waals surface area contributed by atoms with Crippen molar-refractivity contribution in [2.24, 2.45) is 0 Å². The number of hydrogen-bond donors (Lipinski definition) is 0. The molecule has 0 amide bonds. The molecule has 0 atom stereocenters. The van der Waals surface area contributed by atoms with Gasteiger partial charge < -0.3 is 0 Å². The Balaban J connectivity index is 1.18. The second-order valence-electron chi connectivity index (χ2n) is 14.4. The Bertz CT molecular complexity index is 2580. The number of rotatable bonds is 4. The van der Waals surface area contributed by atoms with Crippen molar-refractivity contribution in [1.82, 2.24) is 15.0 Å². The molecule has 1 aromatic heterocycles. The van der Waals surface area contributed by atoms with Crippen molar-refractivity contribution < 1.29 is 0 Å². The van der Waals surface area contributed by atoms with E-state index in [-0.39, 0.29) is 5.41 Å². The molecule has 0 radical (unpaired) electrons. The normalized spacial score (nSPS) is 14.5. The Hall–Kier alpha value is -6.10. The van der Waals surface area contributed by atoms with E-state index in [1.807, 2.05) is 72.4 Å². The third-order valence-corrected chi connectivity index (χ3v) is 12.2. The highest BCUT2D eigenvalue weighted by Gasteiger charge is 2.52. The highest BCUT2D eigenvalue weighted by molar-refractivity contribution is 7.99. The van der Waals surface area contributed by atoms with Crippen molar-refractivity contribution in [2.75, 3.05) is 0 Å². The molecule has 3 nitrogen and oxygen atoms in total. The zero-order valence-corrected chi connectivity index (χ0v) is 30.3. The van der Waals surface area contributed by atoms with Gasteiger partial charge in [0.2, 0.25) is 0 Å². The summed E-state index contributed by atoms with van der Waals surface area (Å²) in [6.07, 6.45) is 0. The molecule has 0 saturated heterocycles. The van der Waals surface area contributed by atoms with E-state index in [0.29, 0.717) is 17.5 Å². The monoisotopic (exact) mass is 697 g/mol. The van der Waals surface area contributed by atoms with Gasteiger partial charge in [-0.25, -0.2) is 15.0 Å². The number of fused-ring (bicyclic) bond motifs is 8. The number of nitrogens with zero attached hydrogens (tertiary/aromatic N) is 3. The summed E-state index contributed by atoms with van der Waals surface area (Å²) in [6, 6.07) is 63.2. The largest absolute Gasteiger partial charge is 0.208 e. The summed E-state index contributed by atoms with van der Waals surface area (Å²) in [4.78, 5) is 17.6. The van der Waals surface area contributed by atoms with Gasteiger partial charge in [0, 0.05) is 31.9 Å². The molecule has 2 heterocycles. The molecule has 10 rings (SSSR count). The maximum absolute atomic E-state index is 5.04. The zero-order chi connectivity index (χ0) is 35.6. The minimum Gasteiger partial charge on any atom is -0.208 e. The first-order valence-corrected chi connectivity index (χ1v) is 18.9. The molecule has 4 heteroatoms. The van der Waals surface area contributed by atoms with Crippen LogP contribution in [0.25, 0.3) is 45.3 Å². The molecule has 53 heavy (non-hydrogen) atoms. The fourth-order valence-electron chi connectivity index (χ4n) is 8.58. The fraction of sp³-hybridized carbons (Fsp3) is 0.0816. The topological polar surface area (TPSA) is 38.7 Å². The summed E-state index contributed by atoms with van der Waals surface area (Å²) >= 11 is 1.88. The lowest BCUT2D eigenvalue weighted by Crippen LogP contribution is -2.43. The molecule has 0 N–H and O–H groups in total. The van der Waals surface area contributed by atoms with Gasteiger partial charge in [0.25, 0.3) is 0 Å². The van der Waals surface area contributed by atoms with Crippen LogP contribution < -0.4 is 0 Å². The quantitative estimate of drug-likeness (QED) is 0.183. The van der Waals surface area contributed by atoms with E-state index < -0.39 is 5.41 Å². The lowest BCUT2D eigenvalue weighted by atomic mass is 9.54. The van der Waals surface area contributed by atoms with Crippen LogP contribution in [0.1, 0.15) is 47.2 Å². The number of aromatic nitrogens is 3. The Morgan fingerprint density at radius 1 is 0.340 bits per heavy atom. The van der Waals surface area contributed by atoms with Crippen LogP contribution in [0.4, 0.5) is 0 Å². The van der Waals surface area contributed by atoms with Crippen molar-refractivity contribution >= 4 is 11.8 Å². The summed E-state index contributed by atoms with van der Waals surface area (Å²) in [5.74, 6) is 1.96. The van der Waals surface area contributed by atoms with Crippen molar-refractivity contribution in [3.63, 3.8) is 0 Å². The third-order valence-electron chi connectivity index (χ3n) is 11.1. The smallest absolute Gasteiger partial charge is 0.164 e. The molecule has 0 bridgehead atoms. The lowest BCUT2D eigenvalue weighted by molar-refractivity contribution is 0.549. The molecule has 7 aromatic carbocycles. The van der Waals surface area contributed by atoms with Gasteiger partial charge in [-0.2, -0.15) is 0 Å². The molecule has 0 unspecified atom stereocenters. The van der Waals surface area contributed by atoms with Gasteiger partial charge in [-0.05, 0) is 68.8 Å². The van der Waals surface area contributed by atoms with Crippen LogP contribution in [0, 0.1) is 0 Å². The molecular weight excluding hydrogens is 663 g/mol. The van der Waals surface area contributed by atoms with E-state index in [4.69, 9.17) is 15.0 Å². The van der Waals surface area contributed by atoms with Crippen LogP contribution in [0.2, 0.25) is 0 Å². The highest BCUT2D eigenvalue weighted by atomic mass is 32.2. The first-order valence-electron chi connectivity index (χ1n) is 18.1. The van der Waals surface area contributed by atoms with Crippen molar-refractivity contribution in [1.29, 1.82) is 0 Å². The average Bonchev–Trinajstić information content (AvgIpc) is 3.23. The van der Waals surface area contributed by atoms with Crippen LogP contribution >= 0.6 is 11.8 Å². The summed E-state index contributed by atoms with van der Waals surface area (Å²) in [5.41, 5.74) is 12.6. The molecule has 1 aliphatic heterocycles. The number of benzene rings is 7. The molecule has 8 aromatic rings. The minimum absolute atomic E-state index is 0.147. The van der Waals surface area contributed by atoms with Gasteiger partial charge >= 0.3 is 0 Å². The average molecular weight is 698 g/mol. The maximum atomic E-state index is 5.04. The van der Waals surface area contributed by atoms with E-state index in [2.05, 4.69) is 129 Å². The van der Waals surface area contributed by atoms with Crippen LogP contribution in [0.3, 0.4) is 0 Å². The van der Waals surface area contributed by atoms with E-state index in [9.17, 15) is 0 Å². The van der Waals surface area contributed by atoms with Gasteiger partial charge in [0.1, 0.15) is 0 Å². The molecular formula is C49H35N3S. The molecule has 2 aliphatic rings. The Morgan fingerprint density at radius 3 is 1.38 bits per heavy atom. The SMILES string of the molecule is CC1(C)c2ccccc2C2(c3ccccc3Sc3ccc(-c4cccc(-c5nc(-c6ccccc6)nc(-c6ccccc6)n5)c4)cc32)c2ccccc21. The van der Waals surface area contributed by atoms with Crippen molar-refractivity contribution in [3.05, 3.63) is 209 Å². The highest BCUT2D eigenvalue weighted by Crippen LogP contribution is 2.61. The predicted molar refractivity (Wildman–Crippen MR) is 216 cm³/mol. The van der Waals surface area contributed by atoms with Crippen LogP contribution in [-0.2, 0) is 10.8 Å². The van der Waals surface area contributed by atoms with Gasteiger partial charge in [-0.15, -0.1) is 0 Å². The maximum Gasteiger partial charge on any atom is 0.164 e. The second kappa shape index (κ2) is 12.3. The Morgan fingerprint density at radius 2 is 0.774 bits per heavy atom.